The van der Waals surface area contributed by atoms with Crippen molar-refractivity contribution in [3.05, 3.63) is 52.1 Å². The molecule has 6 nitrogen and oxygen atoms in total. The van der Waals surface area contributed by atoms with Gasteiger partial charge < -0.3 is 14.6 Å². The van der Waals surface area contributed by atoms with Gasteiger partial charge in [-0.15, -0.1) is 0 Å². The number of benzene rings is 2. The number of hydrogen-bond donors (Lipinski definition) is 2. The summed E-state index contributed by atoms with van der Waals surface area (Å²) < 4.78 is 38.8. The summed E-state index contributed by atoms with van der Waals surface area (Å²) >= 11 is 0. The van der Waals surface area contributed by atoms with Crippen LogP contribution in [0.25, 0.3) is 0 Å². The molecule has 1 aliphatic heterocycles. The largest absolute Gasteiger partial charge is 0.454 e. The number of fused-ring (bicyclic) bond motifs is 1. The lowest BCUT2D eigenvalue weighted by Gasteiger charge is -2.17. The Morgan fingerprint density at radius 3 is 2.33 bits per heavy atom. The van der Waals surface area contributed by atoms with E-state index in [2.05, 4.69) is 4.72 Å². The van der Waals surface area contributed by atoms with Crippen molar-refractivity contribution >= 4 is 10.0 Å². The van der Waals surface area contributed by atoms with Crippen LogP contribution in [0.4, 0.5) is 0 Å². The lowest BCUT2D eigenvalue weighted by Crippen LogP contribution is -2.27. The maximum absolute atomic E-state index is 12.8. The molecule has 2 aromatic carbocycles. The molecule has 1 unspecified atom stereocenters. The average molecular weight is 391 g/mol. The quantitative estimate of drug-likeness (QED) is 0.791. The Kier molecular flexibility index (Phi) is 5.46. The van der Waals surface area contributed by atoms with Crippen molar-refractivity contribution in [2.45, 2.75) is 45.1 Å². The second-order valence-electron chi connectivity index (χ2n) is 6.90. The summed E-state index contributed by atoms with van der Waals surface area (Å²) in [6, 6.07) is 7.21. The first-order chi connectivity index (χ1) is 12.7. The summed E-state index contributed by atoms with van der Waals surface area (Å²) in [6.07, 6.45) is -0.550. The first kappa shape index (κ1) is 19.7. The first-order valence-corrected chi connectivity index (χ1v) is 10.3. The fourth-order valence-electron chi connectivity index (χ4n) is 3.27. The van der Waals surface area contributed by atoms with Gasteiger partial charge >= 0.3 is 0 Å². The number of aryl methyl sites for hydroxylation is 2. The van der Waals surface area contributed by atoms with E-state index in [4.69, 9.17) is 9.47 Å². The third kappa shape index (κ3) is 3.95. The van der Waals surface area contributed by atoms with Gasteiger partial charge in [0, 0.05) is 6.54 Å². The van der Waals surface area contributed by atoms with E-state index >= 15 is 0 Å². The molecular formula is C20H25NO5S. The molecular weight excluding hydrogens is 366 g/mol. The Morgan fingerprint density at radius 1 is 1.04 bits per heavy atom. The van der Waals surface area contributed by atoms with E-state index in [1.807, 2.05) is 33.8 Å². The van der Waals surface area contributed by atoms with E-state index < -0.39 is 16.1 Å². The molecule has 0 aliphatic carbocycles. The topological polar surface area (TPSA) is 84.9 Å². The Hall–Kier alpha value is -2.09. The standard InChI is InChI=1S/C20H25NO5S/c1-12-9-13(2)15(4)20(14(12)3)27(23,24)21-8-7-17(22)16-5-6-18-19(10-16)26-11-25-18/h5-6,9-10,17,21-22H,7-8,11H2,1-4H3. The highest BCUT2D eigenvalue weighted by Gasteiger charge is 2.22. The van der Waals surface area contributed by atoms with Gasteiger partial charge in [0.15, 0.2) is 11.5 Å². The van der Waals surface area contributed by atoms with Gasteiger partial charge in [-0.3, -0.25) is 0 Å². The minimum absolute atomic E-state index is 0.129. The summed E-state index contributed by atoms with van der Waals surface area (Å²) in [5, 5.41) is 10.4. The van der Waals surface area contributed by atoms with Crippen LogP contribution in [0, 0.1) is 27.7 Å². The molecule has 0 fully saturated rings. The second-order valence-corrected chi connectivity index (χ2v) is 8.61. The molecule has 0 saturated heterocycles. The van der Waals surface area contributed by atoms with E-state index in [0.29, 0.717) is 22.0 Å². The molecule has 0 spiro atoms. The second kappa shape index (κ2) is 7.50. The van der Waals surface area contributed by atoms with Crippen LogP contribution in [0.2, 0.25) is 0 Å². The predicted octanol–water partition coefficient (Wildman–Crippen LogP) is 3.05. The van der Waals surface area contributed by atoms with Crippen LogP contribution in [-0.2, 0) is 10.0 Å². The molecule has 2 aromatic rings. The smallest absolute Gasteiger partial charge is 0.241 e. The minimum Gasteiger partial charge on any atom is -0.454 e. The minimum atomic E-state index is -3.66. The first-order valence-electron chi connectivity index (χ1n) is 8.85. The van der Waals surface area contributed by atoms with Gasteiger partial charge in [-0.25, -0.2) is 13.1 Å². The third-order valence-corrected chi connectivity index (χ3v) is 6.79. The van der Waals surface area contributed by atoms with Crippen molar-refractivity contribution in [1.29, 1.82) is 0 Å². The summed E-state index contributed by atoms with van der Waals surface area (Å²) in [7, 11) is -3.66. The van der Waals surface area contributed by atoms with Crippen molar-refractivity contribution in [3.63, 3.8) is 0 Å². The maximum Gasteiger partial charge on any atom is 0.241 e. The summed E-state index contributed by atoms with van der Waals surface area (Å²) in [4.78, 5) is 0.331. The van der Waals surface area contributed by atoms with Crippen LogP contribution in [0.3, 0.4) is 0 Å². The molecule has 0 aromatic heterocycles. The van der Waals surface area contributed by atoms with Gasteiger partial charge in [-0.2, -0.15) is 0 Å². The number of hydrogen-bond acceptors (Lipinski definition) is 5. The molecule has 0 bridgehead atoms. The van der Waals surface area contributed by atoms with E-state index in [0.717, 1.165) is 22.3 Å². The Morgan fingerprint density at radius 2 is 1.67 bits per heavy atom. The zero-order valence-electron chi connectivity index (χ0n) is 16.0. The number of ether oxygens (including phenoxy) is 2. The maximum atomic E-state index is 12.8. The molecule has 0 amide bonds. The van der Waals surface area contributed by atoms with Crippen LogP contribution in [0.5, 0.6) is 11.5 Å². The molecule has 1 aliphatic rings. The fraction of sp³-hybridized carbons (Fsp3) is 0.400. The Labute approximate surface area is 160 Å². The van der Waals surface area contributed by atoms with Crippen LogP contribution < -0.4 is 14.2 Å². The van der Waals surface area contributed by atoms with Gasteiger partial charge in [-0.1, -0.05) is 12.1 Å². The van der Waals surface area contributed by atoms with Crippen LogP contribution >= 0.6 is 0 Å². The van der Waals surface area contributed by atoms with Crippen molar-refractivity contribution in [3.8, 4) is 11.5 Å². The van der Waals surface area contributed by atoms with E-state index in [9.17, 15) is 13.5 Å². The lowest BCUT2D eigenvalue weighted by molar-refractivity contribution is 0.166. The van der Waals surface area contributed by atoms with Crippen LogP contribution in [0.1, 0.15) is 40.3 Å². The van der Waals surface area contributed by atoms with Gasteiger partial charge in [0.05, 0.1) is 11.0 Å². The summed E-state index contributed by atoms with van der Waals surface area (Å²) in [5.41, 5.74) is 4.05. The highest BCUT2D eigenvalue weighted by molar-refractivity contribution is 7.89. The lowest BCUT2D eigenvalue weighted by atomic mass is 10.0. The molecule has 3 rings (SSSR count). The average Bonchev–Trinajstić information content (AvgIpc) is 3.07. The van der Waals surface area contributed by atoms with Crippen molar-refractivity contribution in [2.24, 2.45) is 0 Å². The molecule has 146 valence electrons. The normalized spacial score (nSPS) is 14.4. The van der Waals surface area contributed by atoms with E-state index in [-0.39, 0.29) is 19.8 Å². The Bertz CT molecular complexity index is 943. The van der Waals surface area contributed by atoms with E-state index in [1.54, 1.807) is 18.2 Å². The van der Waals surface area contributed by atoms with Crippen LogP contribution in [0.15, 0.2) is 29.2 Å². The Balaban J connectivity index is 1.70. The molecule has 0 radical (unpaired) electrons. The molecule has 2 N–H and O–H groups in total. The number of nitrogens with one attached hydrogen (secondary N) is 1. The molecule has 0 saturated carbocycles. The SMILES string of the molecule is Cc1cc(C)c(C)c(S(=O)(=O)NCCC(O)c2ccc3c(c2)OCO3)c1C. The van der Waals surface area contributed by atoms with Gasteiger partial charge in [0.1, 0.15) is 0 Å². The molecule has 1 heterocycles. The van der Waals surface area contributed by atoms with Crippen LogP contribution in [-0.4, -0.2) is 26.9 Å². The zero-order valence-corrected chi connectivity index (χ0v) is 16.8. The zero-order chi connectivity index (χ0) is 19.8. The van der Waals surface area contributed by atoms with Crippen molar-refractivity contribution in [1.82, 2.24) is 4.72 Å². The number of sulfonamides is 1. The number of rotatable bonds is 6. The summed E-state index contributed by atoms with van der Waals surface area (Å²) in [5.74, 6) is 1.24. The summed E-state index contributed by atoms with van der Waals surface area (Å²) in [6.45, 7) is 7.75. The molecule has 7 heteroatoms. The predicted molar refractivity (Wildman–Crippen MR) is 103 cm³/mol. The van der Waals surface area contributed by atoms with Gasteiger partial charge in [-0.05, 0) is 74.1 Å². The number of aliphatic hydroxyl groups is 1. The highest BCUT2D eigenvalue weighted by Crippen LogP contribution is 2.34. The molecule has 27 heavy (non-hydrogen) atoms. The van der Waals surface area contributed by atoms with Crippen molar-refractivity contribution < 1.29 is 23.0 Å². The van der Waals surface area contributed by atoms with Crippen molar-refractivity contribution in [2.75, 3.05) is 13.3 Å². The fourth-order valence-corrected chi connectivity index (χ4v) is 4.93. The van der Waals surface area contributed by atoms with Gasteiger partial charge in [0.2, 0.25) is 16.8 Å². The number of aliphatic hydroxyl groups excluding tert-OH is 1. The highest BCUT2D eigenvalue weighted by atomic mass is 32.2. The monoisotopic (exact) mass is 391 g/mol. The third-order valence-electron chi connectivity index (χ3n) is 5.06. The van der Waals surface area contributed by atoms with Gasteiger partial charge in [0.25, 0.3) is 0 Å². The van der Waals surface area contributed by atoms with E-state index in [1.165, 1.54) is 0 Å². The molecule has 1 atom stereocenters.